The van der Waals surface area contributed by atoms with Crippen LogP contribution in [0.5, 0.6) is 0 Å². The molecule has 0 aromatic carbocycles. The van der Waals surface area contributed by atoms with E-state index in [4.69, 9.17) is 9.47 Å². The van der Waals surface area contributed by atoms with Crippen LogP contribution < -0.4 is 0 Å². The van der Waals surface area contributed by atoms with Gasteiger partial charge in [0, 0.05) is 10.8 Å². The number of ether oxygens (including phenoxy) is 2. The SMILES string of the molecule is O=C(OCCOC(=O)c1ccsc1)c1ccsc1. The topological polar surface area (TPSA) is 52.6 Å². The number of hydrogen-bond acceptors (Lipinski definition) is 6. The van der Waals surface area contributed by atoms with E-state index in [1.54, 1.807) is 33.7 Å². The van der Waals surface area contributed by atoms with E-state index in [1.807, 2.05) is 0 Å². The van der Waals surface area contributed by atoms with E-state index in [0.29, 0.717) is 11.1 Å². The second kappa shape index (κ2) is 6.32. The Labute approximate surface area is 112 Å². The van der Waals surface area contributed by atoms with E-state index in [-0.39, 0.29) is 13.2 Å². The zero-order valence-corrected chi connectivity index (χ0v) is 11.0. The third-order valence-electron chi connectivity index (χ3n) is 2.06. The lowest BCUT2D eigenvalue weighted by molar-refractivity contribution is 0.0266. The fourth-order valence-corrected chi connectivity index (χ4v) is 2.45. The van der Waals surface area contributed by atoms with Gasteiger partial charge in [-0.3, -0.25) is 0 Å². The number of carbonyl (C=O) groups is 2. The Bertz CT molecular complexity index is 454. The van der Waals surface area contributed by atoms with Crippen molar-refractivity contribution in [3.63, 3.8) is 0 Å². The second-order valence-corrected chi connectivity index (χ2v) is 4.86. The van der Waals surface area contributed by atoms with Crippen molar-refractivity contribution in [3.05, 3.63) is 44.8 Å². The van der Waals surface area contributed by atoms with E-state index >= 15 is 0 Å². The largest absolute Gasteiger partial charge is 0.458 e. The van der Waals surface area contributed by atoms with Crippen LogP contribution in [0.1, 0.15) is 20.7 Å². The molecule has 0 aliphatic heterocycles. The van der Waals surface area contributed by atoms with Gasteiger partial charge < -0.3 is 9.47 Å². The van der Waals surface area contributed by atoms with Crippen LogP contribution in [0.15, 0.2) is 33.7 Å². The van der Waals surface area contributed by atoms with Gasteiger partial charge in [0.05, 0.1) is 11.1 Å². The first-order valence-electron chi connectivity index (χ1n) is 5.16. The Hall–Kier alpha value is -1.66. The number of rotatable bonds is 5. The summed E-state index contributed by atoms with van der Waals surface area (Å²) in [7, 11) is 0. The zero-order valence-electron chi connectivity index (χ0n) is 9.33. The van der Waals surface area contributed by atoms with E-state index in [9.17, 15) is 9.59 Å². The summed E-state index contributed by atoms with van der Waals surface area (Å²) in [4.78, 5) is 22.8. The van der Waals surface area contributed by atoms with Crippen molar-refractivity contribution < 1.29 is 19.1 Å². The molecule has 94 valence electrons. The second-order valence-electron chi connectivity index (χ2n) is 3.30. The molecule has 4 nitrogen and oxygen atoms in total. The van der Waals surface area contributed by atoms with Crippen LogP contribution in [0.25, 0.3) is 0 Å². The molecule has 0 spiro atoms. The Morgan fingerprint density at radius 3 is 1.67 bits per heavy atom. The zero-order chi connectivity index (χ0) is 12.8. The summed E-state index contributed by atoms with van der Waals surface area (Å²) in [5, 5.41) is 7.01. The van der Waals surface area contributed by atoms with Crippen LogP contribution in [0, 0.1) is 0 Å². The molecule has 0 saturated carbocycles. The highest BCUT2D eigenvalue weighted by atomic mass is 32.1. The standard InChI is InChI=1S/C12H10O4S2/c13-11(9-1-5-17-7-9)15-3-4-16-12(14)10-2-6-18-8-10/h1-2,5-8H,3-4H2. The van der Waals surface area contributed by atoms with Crippen molar-refractivity contribution in [1.82, 2.24) is 0 Å². The van der Waals surface area contributed by atoms with Crippen molar-refractivity contribution in [1.29, 1.82) is 0 Å². The van der Waals surface area contributed by atoms with Gasteiger partial charge in [-0.1, -0.05) is 0 Å². The first-order chi connectivity index (χ1) is 8.77. The lowest BCUT2D eigenvalue weighted by Crippen LogP contribution is -2.13. The summed E-state index contributed by atoms with van der Waals surface area (Å²) >= 11 is 2.85. The van der Waals surface area contributed by atoms with Gasteiger partial charge in [0.2, 0.25) is 0 Å². The maximum Gasteiger partial charge on any atom is 0.339 e. The van der Waals surface area contributed by atoms with Gasteiger partial charge in [0.1, 0.15) is 13.2 Å². The smallest absolute Gasteiger partial charge is 0.339 e. The lowest BCUT2D eigenvalue weighted by atomic mass is 10.3. The van der Waals surface area contributed by atoms with Gasteiger partial charge in [-0.05, 0) is 22.9 Å². The molecule has 18 heavy (non-hydrogen) atoms. The minimum atomic E-state index is -0.400. The fourth-order valence-electron chi connectivity index (χ4n) is 1.20. The monoisotopic (exact) mass is 282 g/mol. The quantitative estimate of drug-likeness (QED) is 0.625. The first kappa shape index (κ1) is 12.8. The maximum atomic E-state index is 11.4. The summed E-state index contributed by atoms with van der Waals surface area (Å²) < 4.78 is 9.89. The molecule has 2 aromatic heterocycles. The summed E-state index contributed by atoms with van der Waals surface area (Å²) in [6.45, 7) is 0.120. The van der Waals surface area contributed by atoms with Crippen molar-refractivity contribution >= 4 is 34.6 Å². The molecular formula is C12H10O4S2. The van der Waals surface area contributed by atoms with Gasteiger partial charge in [0.25, 0.3) is 0 Å². The molecule has 6 heteroatoms. The predicted molar refractivity (Wildman–Crippen MR) is 69.2 cm³/mol. The Morgan fingerprint density at radius 1 is 0.889 bits per heavy atom. The lowest BCUT2D eigenvalue weighted by Gasteiger charge is -2.04. The Balaban J connectivity index is 1.67. The highest BCUT2D eigenvalue weighted by molar-refractivity contribution is 7.08. The minimum absolute atomic E-state index is 0.0601. The highest BCUT2D eigenvalue weighted by Crippen LogP contribution is 2.08. The number of esters is 2. The minimum Gasteiger partial charge on any atom is -0.458 e. The van der Waals surface area contributed by atoms with E-state index < -0.39 is 11.9 Å². The molecule has 2 rings (SSSR count). The molecule has 0 bridgehead atoms. The van der Waals surface area contributed by atoms with Gasteiger partial charge >= 0.3 is 11.9 Å². The summed E-state index contributed by atoms with van der Waals surface area (Å²) in [6, 6.07) is 3.37. The summed E-state index contributed by atoms with van der Waals surface area (Å²) in [5.74, 6) is -0.800. The molecule has 0 amide bonds. The van der Waals surface area contributed by atoms with Crippen LogP contribution in [0.2, 0.25) is 0 Å². The van der Waals surface area contributed by atoms with E-state index in [2.05, 4.69) is 0 Å². The van der Waals surface area contributed by atoms with Crippen LogP contribution in [0.3, 0.4) is 0 Å². The fraction of sp³-hybridized carbons (Fsp3) is 0.167. The van der Waals surface area contributed by atoms with Gasteiger partial charge in [0.15, 0.2) is 0 Å². The molecule has 0 aliphatic carbocycles. The molecule has 0 aliphatic rings. The Morgan fingerprint density at radius 2 is 1.33 bits per heavy atom. The predicted octanol–water partition coefficient (Wildman–Crippen LogP) is 2.82. The third kappa shape index (κ3) is 3.41. The average molecular weight is 282 g/mol. The molecule has 0 atom stereocenters. The van der Waals surface area contributed by atoms with Crippen LogP contribution in [0.4, 0.5) is 0 Å². The molecule has 2 aromatic rings. The molecular weight excluding hydrogens is 272 g/mol. The number of carbonyl (C=O) groups excluding carboxylic acids is 2. The van der Waals surface area contributed by atoms with Gasteiger partial charge in [-0.15, -0.1) is 0 Å². The molecule has 0 radical (unpaired) electrons. The first-order valence-corrected chi connectivity index (χ1v) is 7.04. The molecule has 2 heterocycles. The molecule has 0 fully saturated rings. The van der Waals surface area contributed by atoms with Gasteiger partial charge in [-0.2, -0.15) is 22.7 Å². The number of thiophene rings is 2. The molecule has 0 unspecified atom stereocenters. The number of hydrogen-bond donors (Lipinski definition) is 0. The highest BCUT2D eigenvalue weighted by Gasteiger charge is 2.09. The van der Waals surface area contributed by atoms with Gasteiger partial charge in [-0.25, -0.2) is 9.59 Å². The summed E-state index contributed by atoms with van der Waals surface area (Å²) in [5.41, 5.74) is 1.04. The van der Waals surface area contributed by atoms with Crippen LogP contribution >= 0.6 is 22.7 Å². The van der Waals surface area contributed by atoms with Crippen molar-refractivity contribution in [3.8, 4) is 0 Å². The summed E-state index contributed by atoms with van der Waals surface area (Å²) in [6.07, 6.45) is 0. The van der Waals surface area contributed by atoms with Crippen molar-refractivity contribution in [2.24, 2.45) is 0 Å². The van der Waals surface area contributed by atoms with E-state index in [0.717, 1.165) is 0 Å². The molecule has 0 N–H and O–H groups in total. The maximum absolute atomic E-state index is 11.4. The van der Waals surface area contributed by atoms with Crippen molar-refractivity contribution in [2.75, 3.05) is 13.2 Å². The van der Waals surface area contributed by atoms with Crippen LogP contribution in [-0.4, -0.2) is 25.2 Å². The third-order valence-corrected chi connectivity index (χ3v) is 3.43. The average Bonchev–Trinajstić information content (AvgIpc) is 3.05. The van der Waals surface area contributed by atoms with Crippen LogP contribution in [-0.2, 0) is 9.47 Å². The molecule has 0 saturated heterocycles. The van der Waals surface area contributed by atoms with Crippen molar-refractivity contribution in [2.45, 2.75) is 0 Å². The normalized spacial score (nSPS) is 10.0. The Kier molecular flexibility index (Phi) is 4.49. The van der Waals surface area contributed by atoms with E-state index in [1.165, 1.54) is 22.7 Å².